The Labute approximate surface area is 120 Å². The van der Waals surface area contributed by atoms with E-state index in [0.29, 0.717) is 6.42 Å². The fourth-order valence-corrected chi connectivity index (χ4v) is 2.99. The van der Waals surface area contributed by atoms with Crippen molar-refractivity contribution in [2.45, 2.75) is 6.42 Å². The topological polar surface area (TPSA) is 66.4 Å². The Morgan fingerprint density at radius 2 is 1.95 bits per heavy atom. The van der Waals surface area contributed by atoms with Gasteiger partial charge in [0.15, 0.2) is 0 Å². The third-order valence-corrected chi connectivity index (χ3v) is 4.32. The predicted molar refractivity (Wildman–Crippen MR) is 77.6 cm³/mol. The maximum Gasteiger partial charge on any atom is 0.307 e. The van der Waals surface area contributed by atoms with Crippen LogP contribution in [0.4, 0.5) is 5.69 Å². The molecule has 1 fully saturated rings. The molecule has 1 aliphatic carbocycles. The third kappa shape index (κ3) is 2.44. The highest BCUT2D eigenvalue weighted by atomic mass is 32.1. The van der Waals surface area contributed by atoms with Gasteiger partial charge in [-0.25, -0.2) is 0 Å². The fraction of sp³-hybridized carbons (Fsp3) is 0.200. The van der Waals surface area contributed by atoms with Gasteiger partial charge in [-0.2, -0.15) is 0 Å². The van der Waals surface area contributed by atoms with Gasteiger partial charge in [-0.1, -0.05) is 24.3 Å². The highest BCUT2D eigenvalue weighted by Crippen LogP contribution is 2.40. The van der Waals surface area contributed by atoms with E-state index in [-0.39, 0.29) is 5.91 Å². The van der Waals surface area contributed by atoms with E-state index >= 15 is 0 Å². The van der Waals surface area contributed by atoms with E-state index in [4.69, 9.17) is 5.11 Å². The van der Waals surface area contributed by atoms with Crippen molar-refractivity contribution in [3.63, 3.8) is 0 Å². The zero-order valence-corrected chi connectivity index (χ0v) is 11.4. The van der Waals surface area contributed by atoms with E-state index in [1.54, 1.807) is 11.3 Å². The Morgan fingerprint density at radius 1 is 1.15 bits per heavy atom. The molecule has 0 bridgehead atoms. The van der Waals surface area contributed by atoms with Crippen molar-refractivity contribution in [1.82, 2.24) is 0 Å². The summed E-state index contributed by atoms with van der Waals surface area (Å²) in [6.45, 7) is 0. The smallest absolute Gasteiger partial charge is 0.307 e. The third-order valence-electron chi connectivity index (χ3n) is 3.42. The highest BCUT2D eigenvalue weighted by Gasteiger charge is 2.48. The number of thiophene rings is 1. The number of hydrogen-bond acceptors (Lipinski definition) is 3. The van der Waals surface area contributed by atoms with E-state index in [2.05, 4.69) is 5.32 Å². The maximum absolute atomic E-state index is 12.0. The van der Waals surface area contributed by atoms with Crippen molar-refractivity contribution in [2.75, 3.05) is 5.32 Å². The number of aliphatic carboxylic acids is 1. The van der Waals surface area contributed by atoms with Gasteiger partial charge in [0.25, 0.3) is 0 Å². The number of rotatable bonds is 4. The molecule has 1 aromatic heterocycles. The van der Waals surface area contributed by atoms with Crippen LogP contribution in [-0.4, -0.2) is 17.0 Å². The van der Waals surface area contributed by atoms with Crippen LogP contribution in [0.25, 0.3) is 10.4 Å². The number of carbonyl (C=O) groups excluding carboxylic acids is 1. The Balaban J connectivity index is 1.79. The van der Waals surface area contributed by atoms with Crippen molar-refractivity contribution >= 4 is 28.9 Å². The summed E-state index contributed by atoms with van der Waals surface area (Å²) in [7, 11) is 0. The first-order valence-electron chi connectivity index (χ1n) is 6.33. The molecular weight excluding hydrogens is 274 g/mol. The maximum atomic E-state index is 12.0. The van der Waals surface area contributed by atoms with E-state index in [0.717, 1.165) is 16.1 Å². The normalized spacial score (nSPS) is 20.4. The van der Waals surface area contributed by atoms with Crippen molar-refractivity contribution in [3.8, 4) is 10.4 Å². The summed E-state index contributed by atoms with van der Waals surface area (Å²) in [5.74, 6) is -2.02. The first-order chi connectivity index (χ1) is 9.66. The summed E-state index contributed by atoms with van der Waals surface area (Å²) in [5, 5.41) is 13.7. The van der Waals surface area contributed by atoms with Crippen molar-refractivity contribution < 1.29 is 14.7 Å². The van der Waals surface area contributed by atoms with Crippen LogP contribution in [-0.2, 0) is 9.59 Å². The zero-order chi connectivity index (χ0) is 14.1. The predicted octanol–water partition coefficient (Wildman–Crippen LogP) is 3.07. The number of carboxylic acid groups (broad SMARTS) is 1. The molecule has 0 unspecified atom stereocenters. The SMILES string of the molecule is O=C(O)[C@H]1C[C@H]1C(=O)Nc1ccccc1-c1cccs1. The Kier molecular flexibility index (Phi) is 3.28. The molecule has 1 amide bonds. The Bertz CT molecular complexity index is 651. The number of amides is 1. The van der Waals surface area contributed by atoms with Crippen molar-refractivity contribution in [3.05, 3.63) is 41.8 Å². The summed E-state index contributed by atoms with van der Waals surface area (Å²) >= 11 is 1.60. The van der Waals surface area contributed by atoms with Gasteiger partial charge in [-0.15, -0.1) is 11.3 Å². The van der Waals surface area contributed by atoms with E-state index in [9.17, 15) is 9.59 Å². The van der Waals surface area contributed by atoms with Crippen LogP contribution >= 0.6 is 11.3 Å². The summed E-state index contributed by atoms with van der Waals surface area (Å²) in [4.78, 5) is 23.9. The minimum absolute atomic E-state index is 0.207. The first-order valence-corrected chi connectivity index (χ1v) is 7.21. The molecule has 2 aromatic rings. The summed E-state index contributed by atoms with van der Waals surface area (Å²) in [6, 6.07) is 11.5. The van der Waals surface area contributed by atoms with Crippen LogP contribution in [0.15, 0.2) is 41.8 Å². The van der Waals surface area contributed by atoms with Crippen LogP contribution in [0.1, 0.15) is 6.42 Å². The molecule has 1 aliphatic rings. The lowest BCUT2D eigenvalue weighted by atomic mass is 10.1. The van der Waals surface area contributed by atoms with Crippen LogP contribution < -0.4 is 5.32 Å². The molecule has 0 saturated heterocycles. The van der Waals surface area contributed by atoms with Crippen molar-refractivity contribution in [2.24, 2.45) is 11.8 Å². The molecule has 102 valence electrons. The molecule has 5 heteroatoms. The number of benzene rings is 1. The molecule has 2 N–H and O–H groups in total. The first kappa shape index (κ1) is 12.9. The highest BCUT2D eigenvalue weighted by molar-refractivity contribution is 7.13. The van der Waals surface area contributed by atoms with E-state index < -0.39 is 17.8 Å². The van der Waals surface area contributed by atoms with Gasteiger partial charge in [0, 0.05) is 16.1 Å². The van der Waals surface area contributed by atoms with Crippen LogP contribution in [0, 0.1) is 11.8 Å². The monoisotopic (exact) mass is 287 g/mol. The number of anilines is 1. The van der Waals surface area contributed by atoms with Gasteiger partial charge in [0.2, 0.25) is 5.91 Å². The molecule has 3 rings (SSSR count). The summed E-state index contributed by atoms with van der Waals surface area (Å²) in [5.41, 5.74) is 1.69. The van der Waals surface area contributed by atoms with Crippen molar-refractivity contribution in [1.29, 1.82) is 0 Å². The minimum atomic E-state index is -0.892. The van der Waals surface area contributed by atoms with E-state index in [1.165, 1.54) is 0 Å². The standard InChI is InChI=1S/C15H13NO3S/c17-14(10-8-11(10)15(18)19)16-12-5-2-1-4-9(12)13-6-3-7-20-13/h1-7,10-11H,8H2,(H,16,17)(H,18,19)/t10-,11+/m1/s1. The lowest BCUT2D eigenvalue weighted by Crippen LogP contribution is -2.17. The minimum Gasteiger partial charge on any atom is -0.481 e. The Morgan fingerprint density at radius 3 is 2.60 bits per heavy atom. The van der Waals surface area contributed by atoms with Gasteiger partial charge < -0.3 is 10.4 Å². The van der Waals surface area contributed by atoms with E-state index in [1.807, 2.05) is 41.8 Å². The van der Waals surface area contributed by atoms with Crippen LogP contribution in [0.2, 0.25) is 0 Å². The number of para-hydroxylation sites is 1. The van der Waals surface area contributed by atoms with Gasteiger partial charge in [0.05, 0.1) is 11.8 Å². The molecule has 1 heterocycles. The molecule has 20 heavy (non-hydrogen) atoms. The number of hydrogen-bond donors (Lipinski definition) is 2. The molecule has 1 saturated carbocycles. The number of carbonyl (C=O) groups is 2. The molecule has 0 aliphatic heterocycles. The molecule has 0 radical (unpaired) electrons. The molecule has 0 spiro atoms. The molecular formula is C15H13NO3S. The van der Waals surface area contributed by atoms with Gasteiger partial charge in [0.1, 0.15) is 0 Å². The molecule has 2 atom stereocenters. The zero-order valence-electron chi connectivity index (χ0n) is 10.6. The van der Waals surface area contributed by atoms with Gasteiger partial charge in [-0.05, 0) is 23.9 Å². The fourth-order valence-electron chi connectivity index (χ4n) is 2.22. The number of nitrogens with one attached hydrogen (secondary N) is 1. The van der Waals surface area contributed by atoms with Gasteiger partial charge in [-0.3, -0.25) is 9.59 Å². The Hall–Kier alpha value is -2.14. The lowest BCUT2D eigenvalue weighted by Gasteiger charge is -2.09. The second kappa shape index (κ2) is 5.09. The average Bonchev–Trinajstić information content (AvgIpc) is 3.08. The molecule has 1 aromatic carbocycles. The van der Waals surface area contributed by atoms with Gasteiger partial charge >= 0.3 is 5.97 Å². The second-order valence-electron chi connectivity index (χ2n) is 4.80. The second-order valence-corrected chi connectivity index (χ2v) is 5.75. The number of carboxylic acids is 1. The quantitative estimate of drug-likeness (QED) is 0.908. The van der Waals surface area contributed by atoms with Crippen LogP contribution in [0.5, 0.6) is 0 Å². The summed E-state index contributed by atoms with van der Waals surface area (Å²) in [6.07, 6.45) is 0.433. The average molecular weight is 287 g/mol. The lowest BCUT2D eigenvalue weighted by molar-refractivity contribution is -0.139. The largest absolute Gasteiger partial charge is 0.481 e. The summed E-state index contributed by atoms with van der Waals surface area (Å²) < 4.78 is 0. The van der Waals surface area contributed by atoms with Crippen LogP contribution in [0.3, 0.4) is 0 Å². The molecule has 4 nitrogen and oxygen atoms in total.